The van der Waals surface area contributed by atoms with E-state index in [1.165, 1.54) is 11.1 Å². The molecule has 0 atom stereocenters. The second kappa shape index (κ2) is 8.09. The Morgan fingerprint density at radius 2 is 1.41 bits per heavy atom. The molecular weight excluding hydrogens is 336 g/mol. The Hall–Kier alpha value is -3.07. The lowest BCUT2D eigenvalue weighted by Crippen LogP contribution is -2.19. The number of esters is 1. The number of carbonyl (C=O) groups is 1. The Balaban J connectivity index is 1.61. The van der Waals surface area contributed by atoms with E-state index in [2.05, 4.69) is 38.1 Å². The topological polar surface area (TPSA) is 35.5 Å². The number of hydrogen-bond donors (Lipinski definition) is 0. The third-order valence-electron chi connectivity index (χ3n) is 4.75. The van der Waals surface area contributed by atoms with E-state index in [-0.39, 0.29) is 12.0 Å². The molecule has 0 fully saturated rings. The van der Waals surface area contributed by atoms with Gasteiger partial charge in [0.05, 0.1) is 0 Å². The van der Waals surface area contributed by atoms with Crippen LogP contribution in [0.3, 0.4) is 0 Å². The minimum absolute atomic E-state index is 0.108. The predicted molar refractivity (Wildman–Crippen MR) is 107 cm³/mol. The Kier molecular flexibility index (Phi) is 5.60. The first-order chi connectivity index (χ1) is 13.0. The van der Waals surface area contributed by atoms with Crippen LogP contribution in [0.4, 0.5) is 0 Å². The smallest absolute Gasteiger partial charge is 0.349 e. The molecule has 3 rings (SSSR count). The highest BCUT2D eigenvalue weighted by molar-refractivity contribution is 5.74. The van der Waals surface area contributed by atoms with Gasteiger partial charge in [-0.1, -0.05) is 74.5 Å². The maximum Gasteiger partial charge on any atom is 0.349 e. The fourth-order valence-electron chi connectivity index (χ4n) is 2.95. The summed E-state index contributed by atoms with van der Waals surface area (Å²) in [6.07, 6.45) is 0. The molecule has 0 aliphatic rings. The molecule has 0 saturated heterocycles. The number of aryl methyl sites for hydroxylation is 1. The summed E-state index contributed by atoms with van der Waals surface area (Å²) in [6, 6.07) is 25.6. The summed E-state index contributed by atoms with van der Waals surface area (Å²) in [5, 5.41) is 0. The summed E-state index contributed by atoms with van der Waals surface area (Å²) < 4.78 is 10.9. The summed E-state index contributed by atoms with van der Waals surface area (Å²) in [7, 11) is 0. The van der Waals surface area contributed by atoms with E-state index < -0.39 is 5.97 Å². The van der Waals surface area contributed by atoms with Gasteiger partial charge in [-0.15, -0.1) is 0 Å². The molecule has 3 aromatic rings. The zero-order chi connectivity index (χ0) is 19.3. The third-order valence-corrected chi connectivity index (χ3v) is 4.75. The first kappa shape index (κ1) is 18.7. The van der Waals surface area contributed by atoms with Gasteiger partial charge in [-0.3, -0.25) is 0 Å². The van der Waals surface area contributed by atoms with Crippen LogP contribution in [0.25, 0.3) is 0 Å². The van der Waals surface area contributed by atoms with E-state index in [9.17, 15) is 4.79 Å². The molecule has 138 valence electrons. The van der Waals surface area contributed by atoms with Crippen LogP contribution in [0.15, 0.2) is 78.9 Å². The summed E-state index contributed by atoms with van der Waals surface area (Å²) in [5.74, 6) is 0.786. The Morgan fingerprint density at radius 1 is 0.815 bits per heavy atom. The highest BCUT2D eigenvalue weighted by atomic mass is 16.6. The number of benzene rings is 3. The van der Waals surface area contributed by atoms with Gasteiger partial charge in [0, 0.05) is 5.41 Å². The van der Waals surface area contributed by atoms with E-state index in [4.69, 9.17) is 9.47 Å². The monoisotopic (exact) mass is 360 g/mol. The molecule has 3 heteroatoms. The SMILES string of the molecule is Cc1ccccc1OC(=O)COc1ccc(C(C)(C)c2ccccc2)cc1. The number of para-hydroxylation sites is 1. The van der Waals surface area contributed by atoms with Crippen LogP contribution in [0, 0.1) is 6.92 Å². The molecule has 3 nitrogen and oxygen atoms in total. The minimum atomic E-state index is -0.419. The largest absolute Gasteiger partial charge is 0.482 e. The molecule has 0 aliphatic carbocycles. The van der Waals surface area contributed by atoms with Crippen LogP contribution in [-0.4, -0.2) is 12.6 Å². The van der Waals surface area contributed by atoms with Crippen LogP contribution in [-0.2, 0) is 10.2 Å². The van der Waals surface area contributed by atoms with E-state index in [1.54, 1.807) is 6.07 Å². The summed E-state index contributed by atoms with van der Waals surface area (Å²) in [5.41, 5.74) is 3.24. The molecular formula is C24H24O3. The van der Waals surface area contributed by atoms with Crippen molar-refractivity contribution in [1.29, 1.82) is 0 Å². The average Bonchev–Trinajstić information content (AvgIpc) is 2.69. The van der Waals surface area contributed by atoms with E-state index in [0.29, 0.717) is 11.5 Å². The first-order valence-corrected chi connectivity index (χ1v) is 9.02. The van der Waals surface area contributed by atoms with Crippen molar-refractivity contribution in [2.45, 2.75) is 26.2 Å². The second-order valence-electron chi connectivity index (χ2n) is 7.04. The van der Waals surface area contributed by atoms with Crippen molar-refractivity contribution in [2.24, 2.45) is 0 Å². The van der Waals surface area contributed by atoms with E-state index in [0.717, 1.165) is 5.56 Å². The normalized spacial score (nSPS) is 11.1. The standard InChI is InChI=1S/C24H24O3/c1-18-9-7-8-12-22(18)27-23(25)17-26-21-15-13-20(14-16-21)24(2,3)19-10-5-4-6-11-19/h4-16H,17H2,1-3H3. The molecule has 0 saturated carbocycles. The lowest BCUT2D eigenvalue weighted by Gasteiger charge is -2.26. The lowest BCUT2D eigenvalue weighted by atomic mass is 9.78. The minimum Gasteiger partial charge on any atom is -0.482 e. The van der Waals surface area contributed by atoms with Gasteiger partial charge in [0.15, 0.2) is 6.61 Å². The molecule has 0 bridgehead atoms. The molecule has 3 aromatic carbocycles. The number of ether oxygens (including phenoxy) is 2. The first-order valence-electron chi connectivity index (χ1n) is 9.02. The molecule has 0 aliphatic heterocycles. The predicted octanol–water partition coefficient (Wildman–Crippen LogP) is 5.31. The van der Waals surface area contributed by atoms with Crippen molar-refractivity contribution in [1.82, 2.24) is 0 Å². The zero-order valence-corrected chi connectivity index (χ0v) is 15.9. The van der Waals surface area contributed by atoms with E-state index >= 15 is 0 Å². The summed E-state index contributed by atoms with van der Waals surface area (Å²) in [4.78, 5) is 12.0. The van der Waals surface area contributed by atoms with Crippen molar-refractivity contribution in [2.75, 3.05) is 6.61 Å². The average molecular weight is 360 g/mol. The van der Waals surface area contributed by atoms with Gasteiger partial charge >= 0.3 is 5.97 Å². The Morgan fingerprint density at radius 3 is 2.07 bits per heavy atom. The fraction of sp³-hybridized carbons (Fsp3) is 0.208. The van der Waals surface area contributed by atoms with Crippen molar-refractivity contribution in [3.8, 4) is 11.5 Å². The molecule has 27 heavy (non-hydrogen) atoms. The van der Waals surface area contributed by atoms with Crippen molar-refractivity contribution in [3.05, 3.63) is 95.6 Å². The second-order valence-corrected chi connectivity index (χ2v) is 7.04. The molecule has 0 spiro atoms. The molecule has 0 radical (unpaired) electrons. The third kappa shape index (κ3) is 4.56. The molecule has 0 unspecified atom stereocenters. The van der Waals surface area contributed by atoms with Gasteiger partial charge < -0.3 is 9.47 Å². The van der Waals surface area contributed by atoms with Crippen LogP contribution in [0.2, 0.25) is 0 Å². The van der Waals surface area contributed by atoms with Gasteiger partial charge in [-0.05, 0) is 41.8 Å². The highest BCUT2D eigenvalue weighted by Gasteiger charge is 2.22. The van der Waals surface area contributed by atoms with Crippen LogP contribution >= 0.6 is 0 Å². The van der Waals surface area contributed by atoms with Crippen LogP contribution in [0.1, 0.15) is 30.5 Å². The van der Waals surface area contributed by atoms with Gasteiger partial charge in [-0.2, -0.15) is 0 Å². The van der Waals surface area contributed by atoms with Crippen LogP contribution in [0.5, 0.6) is 11.5 Å². The van der Waals surface area contributed by atoms with Gasteiger partial charge in [0.1, 0.15) is 11.5 Å². The van der Waals surface area contributed by atoms with Crippen molar-refractivity contribution in [3.63, 3.8) is 0 Å². The Labute approximate surface area is 160 Å². The fourth-order valence-corrected chi connectivity index (χ4v) is 2.95. The molecule has 0 amide bonds. The number of carbonyl (C=O) groups excluding carboxylic acids is 1. The van der Waals surface area contributed by atoms with Crippen molar-refractivity contribution < 1.29 is 14.3 Å². The number of hydrogen-bond acceptors (Lipinski definition) is 3. The van der Waals surface area contributed by atoms with Gasteiger partial charge in [-0.25, -0.2) is 4.79 Å². The summed E-state index contributed by atoms with van der Waals surface area (Å²) >= 11 is 0. The quantitative estimate of drug-likeness (QED) is 0.442. The van der Waals surface area contributed by atoms with Gasteiger partial charge in [0.2, 0.25) is 0 Å². The zero-order valence-electron chi connectivity index (χ0n) is 15.9. The maximum absolute atomic E-state index is 12.0. The van der Waals surface area contributed by atoms with Crippen LogP contribution < -0.4 is 9.47 Å². The molecule has 0 heterocycles. The maximum atomic E-state index is 12.0. The summed E-state index contributed by atoms with van der Waals surface area (Å²) in [6.45, 7) is 6.15. The lowest BCUT2D eigenvalue weighted by molar-refractivity contribution is -0.136. The van der Waals surface area contributed by atoms with Gasteiger partial charge in [0.25, 0.3) is 0 Å². The highest BCUT2D eigenvalue weighted by Crippen LogP contribution is 2.32. The molecule has 0 aromatic heterocycles. The van der Waals surface area contributed by atoms with Crippen molar-refractivity contribution >= 4 is 5.97 Å². The number of rotatable bonds is 6. The molecule has 0 N–H and O–H groups in total. The van der Waals surface area contributed by atoms with E-state index in [1.807, 2.05) is 55.5 Å². The Bertz CT molecular complexity index is 896.